The fraction of sp³-hybridized carbons (Fsp3) is 0.684. The molecule has 0 aliphatic carbocycles. The molecule has 1 unspecified atom stereocenters. The molecule has 1 aromatic carbocycles. The summed E-state index contributed by atoms with van der Waals surface area (Å²) in [6.07, 6.45) is 3.44. The summed E-state index contributed by atoms with van der Waals surface area (Å²) in [5.41, 5.74) is 2.99. The number of nitrogens with one attached hydrogen (secondary N) is 1. The van der Waals surface area contributed by atoms with Gasteiger partial charge in [-0.25, -0.2) is 0 Å². The Hall–Kier alpha value is -0.860. The fourth-order valence-corrected chi connectivity index (χ4v) is 2.42. The first-order valence-electron chi connectivity index (χ1n) is 8.32. The maximum Gasteiger partial charge on any atom is 0.0472 e. The van der Waals surface area contributed by atoms with Crippen LogP contribution < -0.4 is 5.32 Å². The molecule has 0 heterocycles. The van der Waals surface area contributed by atoms with E-state index in [9.17, 15) is 0 Å². The zero-order valence-electron chi connectivity index (χ0n) is 14.5. The monoisotopic (exact) mass is 291 g/mol. The highest BCUT2D eigenvalue weighted by atomic mass is 16.5. The van der Waals surface area contributed by atoms with E-state index in [0.29, 0.717) is 5.92 Å². The largest absolute Gasteiger partial charge is 0.381 e. The van der Waals surface area contributed by atoms with Crippen molar-refractivity contribution in [1.29, 1.82) is 0 Å². The van der Waals surface area contributed by atoms with Gasteiger partial charge in [0.1, 0.15) is 0 Å². The van der Waals surface area contributed by atoms with Gasteiger partial charge in [0, 0.05) is 25.3 Å². The highest BCUT2D eigenvalue weighted by Gasteiger charge is 2.17. The van der Waals surface area contributed by atoms with E-state index in [1.54, 1.807) is 0 Å². The molecule has 0 radical (unpaired) electrons. The second-order valence-corrected chi connectivity index (χ2v) is 6.94. The second-order valence-electron chi connectivity index (χ2n) is 6.94. The molecule has 0 bridgehead atoms. The van der Waals surface area contributed by atoms with Gasteiger partial charge in [-0.05, 0) is 57.6 Å². The van der Waals surface area contributed by atoms with Gasteiger partial charge in [0.05, 0.1) is 0 Å². The van der Waals surface area contributed by atoms with Crippen LogP contribution >= 0.6 is 0 Å². The lowest BCUT2D eigenvalue weighted by Gasteiger charge is -2.26. The van der Waals surface area contributed by atoms with E-state index in [1.165, 1.54) is 17.5 Å². The minimum absolute atomic E-state index is 0.157. The third-order valence-electron chi connectivity index (χ3n) is 3.76. The van der Waals surface area contributed by atoms with Crippen LogP contribution in [-0.4, -0.2) is 25.3 Å². The summed E-state index contributed by atoms with van der Waals surface area (Å²) in [4.78, 5) is 0. The molecule has 1 aromatic rings. The van der Waals surface area contributed by atoms with Crippen molar-refractivity contribution in [3.05, 3.63) is 35.4 Å². The number of hydrogen-bond acceptors (Lipinski definition) is 2. The summed E-state index contributed by atoms with van der Waals surface area (Å²) in [5.74, 6) is 0.520. The summed E-state index contributed by atoms with van der Waals surface area (Å²) in [6.45, 7) is 13.8. The van der Waals surface area contributed by atoms with Crippen molar-refractivity contribution in [1.82, 2.24) is 5.32 Å². The quantitative estimate of drug-likeness (QED) is 0.667. The summed E-state index contributed by atoms with van der Waals surface area (Å²) in [6, 6.07) is 8.73. The molecular weight excluding hydrogens is 258 g/mol. The van der Waals surface area contributed by atoms with Gasteiger partial charge in [0.15, 0.2) is 0 Å². The van der Waals surface area contributed by atoms with Crippen LogP contribution in [-0.2, 0) is 4.74 Å². The minimum Gasteiger partial charge on any atom is -0.381 e. The predicted molar refractivity (Wildman–Crippen MR) is 92.0 cm³/mol. The maximum absolute atomic E-state index is 5.77. The highest BCUT2D eigenvalue weighted by Crippen LogP contribution is 2.23. The van der Waals surface area contributed by atoms with E-state index in [4.69, 9.17) is 4.74 Å². The number of unbranched alkanes of at least 4 members (excludes halogenated alkanes) is 1. The van der Waals surface area contributed by atoms with Gasteiger partial charge in [-0.15, -0.1) is 0 Å². The van der Waals surface area contributed by atoms with E-state index >= 15 is 0 Å². The maximum atomic E-state index is 5.77. The standard InChI is InChI=1S/C19H33NO/c1-6-7-13-21-14-12-17(15-20-19(3,4)5)18-11-9-8-10-16(18)2/h8-11,17,20H,6-7,12-15H2,1-5H3. The summed E-state index contributed by atoms with van der Waals surface area (Å²) in [5, 5.41) is 3.64. The van der Waals surface area contributed by atoms with E-state index in [0.717, 1.165) is 32.6 Å². The molecule has 120 valence electrons. The molecule has 0 amide bonds. The van der Waals surface area contributed by atoms with Crippen molar-refractivity contribution in [3.8, 4) is 0 Å². The van der Waals surface area contributed by atoms with Crippen molar-refractivity contribution in [2.45, 2.75) is 65.3 Å². The number of ether oxygens (including phenoxy) is 1. The lowest BCUT2D eigenvalue weighted by Crippen LogP contribution is -2.38. The molecule has 0 spiro atoms. The zero-order valence-corrected chi connectivity index (χ0v) is 14.5. The highest BCUT2D eigenvalue weighted by molar-refractivity contribution is 5.29. The van der Waals surface area contributed by atoms with Gasteiger partial charge < -0.3 is 10.1 Å². The average Bonchev–Trinajstić information content (AvgIpc) is 2.42. The molecule has 0 aliphatic heterocycles. The molecule has 0 aliphatic rings. The van der Waals surface area contributed by atoms with Crippen molar-refractivity contribution in [3.63, 3.8) is 0 Å². The van der Waals surface area contributed by atoms with Gasteiger partial charge >= 0.3 is 0 Å². The SMILES string of the molecule is CCCCOCCC(CNC(C)(C)C)c1ccccc1C. The molecule has 2 heteroatoms. The molecule has 1 atom stereocenters. The smallest absolute Gasteiger partial charge is 0.0472 e. The Kier molecular flexibility index (Phi) is 7.98. The van der Waals surface area contributed by atoms with Crippen LogP contribution in [0.2, 0.25) is 0 Å². The lowest BCUT2D eigenvalue weighted by molar-refractivity contribution is 0.123. The van der Waals surface area contributed by atoms with E-state index in [2.05, 4.69) is 64.2 Å². The van der Waals surface area contributed by atoms with E-state index < -0.39 is 0 Å². The summed E-state index contributed by atoms with van der Waals surface area (Å²) in [7, 11) is 0. The van der Waals surface area contributed by atoms with E-state index in [1.807, 2.05) is 0 Å². The molecule has 0 aromatic heterocycles. The Bertz CT molecular complexity index is 395. The number of benzene rings is 1. The van der Waals surface area contributed by atoms with Crippen molar-refractivity contribution in [2.75, 3.05) is 19.8 Å². The fourth-order valence-electron chi connectivity index (χ4n) is 2.42. The topological polar surface area (TPSA) is 21.3 Å². The third-order valence-corrected chi connectivity index (χ3v) is 3.76. The molecule has 0 saturated heterocycles. The Morgan fingerprint density at radius 1 is 1.14 bits per heavy atom. The third kappa shape index (κ3) is 7.63. The normalized spacial score (nSPS) is 13.4. The zero-order chi connectivity index (χ0) is 15.7. The van der Waals surface area contributed by atoms with Crippen molar-refractivity contribution >= 4 is 0 Å². The number of rotatable bonds is 9. The molecular formula is C19H33NO. The Morgan fingerprint density at radius 2 is 1.86 bits per heavy atom. The van der Waals surface area contributed by atoms with Gasteiger partial charge in [-0.3, -0.25) is 0 Å². The second kappa shape index (κ2) is 9.22. The van der Waals surface area contributed by atoms with Gasteiger partial charge in [0.2, 0.25) is 0 Å². The van der Waals surface area contributed by atoms with Crippen LogP contribution in [0, 0.1) is 6.92 Å². The minimum atomic E-state index is 0.157. The predicted octanol–water partition coefficient (Wildman–Crippen LogP) is 4.67. The van der Waals surface area contributed by atoms with Crippen LogP contribution in [0.4, 0.5) is 0 Å². The molecule has 1 N–H and O–H groups in total. The molecule has 21 heavy (non-hydrogen) atoms. The van der Waals surface area contributed by atoms with Crippen LogP contribution in [0.5, 0.6) is 0 Å². The first-order chi connectivity index (χ1) is 9.94. The first kappa shape index (κ1) is 18.2. The van der Waals surface area contributed by atoms with Crippen molar-refractivity contribution in [2.24, 2.45) is 0 Å². The van der Waals surface area contributed by atoms with Gasteiger partial charge in [-0.2, -0.15) is 0 Å². The lowest BCUT2D eigenvalue weighted by atomic mass is 9.91. The van der Waals surface area contributed by atoms with Crippen LogP contribution in [0.3, 0.4) is 0 Å². The number of aryl methyl sites for hydroxylation is 1. The molecule has 0 saturated carbocycles. The summed E-state index contributed by atoms with van der Waals surface area (Å²) < 4.78 is 5.77. The van der Waals surface area contributed by atoms with E-state index in [-0.39, 0.29) is 5.54 Å². The average molecular weight is 291 g/mol. The summed E-state index contributed by atoms with van der Waals surface area (Å²) >= 11 is 0. The Balaban J connectivity index is 2.60. The van der Waals surface area contributed by atoms with Crippen LogP contribution in [0.25, 0.3) is 0 Å². The van der Waals surface area contributed by atoms with Crippen molar-refractivity contribution < 1.29 is 4.74 Å². The Labute approximate surface area is 131 Å². The molecule has 0 fully saturated rings. The van der Waals surface area contributed by atoms with Gasteiger partial charge in [-0.1, -0.05) is 37.6 Å². The van der Waals surface area contributed by atoms with Gasteiger partial charge in [0.25, 0.3) is 0 Å². The number of hydrogen-bond donors (Lipinski definition) is 1. The molecule has 2 nitrogen and oxygen atoms in total. The van der Waals surface area contributed by atoms with Crippen LogP contribution in [0.15, 0.2) is 24.3 Å². The molecule has 1 rings (SSSR count). The first-order valence-corrected chi connectivity index (χ1v) is 8.32. The Morgan fingerprint density at radius 3 is 2.48 bits per heavy atom. The van der Waals surface area contributed by atoms with Crippen LogP contribution in [0.1, 0.15) is 64.0 Å².